The van der Waals surface area contributed by atoms with Crippen molar-refractivity contribution in [2.45, 2.75) is 33.2 Å². The molecule has 0 saturated heterocycles. The highest BCUT2D eigenvalue weighted by atomic mass is 32.2. The third kappa shape index (κ3) is 4.06. The average molecular weight is 238 g/mol. The molecule has 0 rings (SSSR count). The highest BCUT2D eigenvalue weighted by molar-refractivity contribution is 7.86. The lowest BCUT2D eigenvalue weighted by Crippen LogP contribution is -2.46. The Morgan fingerprint density at radius 2 is 1.80 bits per heavy atom. The molecule has 0 amide bonds. The Hall–Kier alpha value is -0.170. The van der Waals surface area contributed by atoms with Gasteiger partial charge in [0.2, 0.25) is 0 Å². The molecule has 0 aromatic heterocycles. The van der Waals surface area contributed by atoms with Gasteiger partial charge in [-0.15, -0.1) is 0 Å². The highest BCUT2D eigenvalue weighted by Gasteiger charge is 2.27. The molecule has 6 heteroatoms. The van der Waals surface area contributed by atoms with Gasteiger partial charge in [-0.1, -0.05) is 6.92 Å². The first-order valence-electron chi connectivity index (χ1n) is 5.21. The van der Waals surface area contributed by atoms with Gasteiger partial charge in [0, 0.05) is 26.2 Å². The van der Waals surface area contributed by atoms with Crippen molar-refractivity contribution in [3.05, 3.63) is 0 Å². The molecule has 92 valence electrons. The Labute approximate surface area is 92.9 Å². The molecule has 0 heterocycles. The summed E-state index contributed by atoms with van der Waals surface area (Å²) < 4.78 is 26.6. The molecule has 0 saturated carbocycles. The van der Waals surface area contributed by atoms with E-state index in [1.165, 1.54) is 8.61 Å². The Morgan fingerprint density at radius 1 is 1.27 bits per heavy atom. The standard InChI is InChI=1S/C9H22N2O3S/c1-5-6-11(7-8-12)15(13,14)10(4)9(2)3/h9,12H,5-8H2,1-4H3. The van der Waals surface area contributed by atoms with Crippen molar-refractivity contribution in [2.75, 3.05) is 26.7 Å². The lowest BCUT2D eigenvalue weighted by molar-refractivity contribution is 0.243. The van der Waals surface area contributed by atoms with Gasteiger partial charge in [-0.2, -0.15) is 17.0 Å². The van der Waals surface area contributed by atoms with Gasteiger partial charge in [0.15, 0.2) is 0 Å². The molecule has 0 atom stereocenters. The second-order valence-electron chi connectivity index (χ2n) is 3.74. The Balaban J connectivity index is 4.78. The third-order valence-corrected chi connectivity index (χ3v) is 4.41. The van der Waals surface area contributed by atoms with Crippen LogP contribution in [0.4, 0.5) is 0 Å². The zero-order chi connectivity index (χ0) is 12.1. The normalized spacial score (nSPS) is 13.1. The van der Waals surface area contributed by atoms with Gasteiger partial charge in [0.1, 0.15) is 0 Å². The van der Waals surface area contributed by atoms with Crippen LogP contribution in [0, 0.1) is 0 Å². The van der Waals surface area contributed by atoms with Crippen LogP contribution in [0.3, 0.4) is 0 Å². The molecule has 0 aromatic carbocycles. The van der Waals surface area contributed by atoms with Crippen LogP contribution in [0.15, 0.2) is 0 Å². The molecule has 0 fully saturated rings. The van der Waals surface area contributed by atoms with Crippen LogP contribution in [0.1, 0.15) is 27.2 Å². The van der Waals surface area contributed by atoms with Crippen molar-refractivity contribution in [3.63, 3.8) is 0 Å². The summed E-state index contributed by atoms with van der Waals surface area (Å²) in [4.78, 5) is 0. The van der Waals surface area contributed by atoms with Gasteiger partial charge in [-0.25, -0.2) is 0 Å². The summed E-state index contributed by atoms with van der Waals surface area (Å²) in [7, 11) is -1.86. The van der Waals surface area contributed by atoms with Crippen LogP contribution in [-0.4, -0.2) is 54.9 Å². The van der Waals surface area contributed by atoms with E-state index >= 15 is 0 Å². The lowest BCUT2D eigenvalue weighted by Gasteiger charge is -2.28. The van der Waals surface area contributed by atoms with E-state index in [1.54, 1.807) is 7.05 Å². The van der Waals surface area contributed by atoms with Crippen LogP contribution in [0.5, 0.6) is 0 Å². The zero-order valence-electron chi connectivity index (χ0n) is 9.97. The monoisotopic (exact) mass is 238 g/mol. The molecule has 5 nitrogen and oxygen atoms in total. The van der Waals surface area contributed by atoms with Gasteiger partial charge >= 0.3 is 0 Å². The van der Waals surface area contributed by atoms with Gasteiger partial charge in [-0.3, -0.25) is 0 Å². The van der Waals surface area contributed by atoms with Crippen molar-refractivity contribution in [2.24, 2.45) is 0 Å². The summed E-state index contributed by atoms with van der Waals surface area (Å²) in [6.45, 7) is 6.01. The molecule has 0 aliphatic rings. The minimum atomic E-state index is -3.42. The van der Waals surface area contributed by atoms with Crippen LogP contribution >= 0.6 is 0 Å². The first kappa shape index (κ1) is 14.8. The van der Waals surface area contributed by atoms with Gasteiger partial charge in [-0.05, 0) is 20.3 Å². The second kappa shape index (κ2) is 6.42. The molecule has 15 heavy (non-hydrogen) atoms. The minimum Gasteiger partial charge on any atom is -0.395 e. The molecular formula is C9H22N2O3S. The fraction of sp³-hybridized carbons (Fsp3) is 1.00. The lowest BCUT2D eigenvalue weighted by atomic mass is 10.4. The number of aliphatic hydroxyl groups excluding tert-OH is 1. The molecule has 0 unspecified atom stereocenters. The van der Waals surface area contributed by atoms with E-state index < -0.39 is 10.2 Å². The summed E-state index contributed by atoms with van der Waals surface area (Å²) in [5, 5.41) is 8.82. The molecular weight excluding hydrogens is 216 g/mol. The quantitative estimate of drug-likeness (QED) is 0.693. The fourth-order valence-corrected chi connectivity index (χ4v) is 2.77. The predicted octanol–water partition coefficient (Wildman–Crippen LogP) is 0.276. The minimum absolute atomic E-state index is 0.0759. The highest BCUT2D eigenvalue weighted by Crippen LogP contribution is 2.10. The fourth-order valence-electron chi connectivity index (χ4n) is 1.15. The number of hydrogen-bond acceptors (Lipinski definition) is 3. The summed E-state index contributed by atoms with van der Waals surface area (Å²) in [6, 6.07) is -0.0759. The summed E-state index contributed by atoms with van der Waals surface area (Å²) in [5.74, 6) is 0. The Bertz CT molecular complexity index is 259. The molecule has 0 radical (unpaired) electrons. The largest absolute Gasteiger partial charge is 0.395 e. The smallest absolute Gasteiger partial charge is 0.282 e. The number of aliphatic hydroxyl groups is 1. The van der Waals surface area contributed by atoms with E-state index in [2.05, 4.69) is 0 Å². The van der Waals surface area contributed by atoms with Gasteiger partial charge < -0.3 is 5.11 Å². The van der Waals surface area contributed by atoms with Crippen LogP contribution in [-0.2, 0) is 10.2 Å². The van der Waals surface area contributed by atoms with E-state index in [-0.39, 0.29) is 19.2 Å². The topological polar surface area (TPSA) is 60.9 Å². The summed E-state index contributed by atoms with van der Waals surface area (Å²) in [5.41, 5.74) is 0. The maximum absolute atomic E-state index is 12.0. The van der Waals surface area contributed by atoms with E-state index in [0.29, 0.717) is 6.54 Å². The first-order valence-corrected chi connectivity index (χ1v) is 6.61. The summed E-state index contributed by atoms with van der Waals surface area (Å²) >= 11 is 0. The maximum atomic E-state index is 12.0. The van der Waals surface area contributed by atoms with Crippen molar-refractivity contribution in [3.8, 4) is 0 Å². The second-order valence-corrected chi connectivity index (χ2v) is 5.73. The summed E-state index contributed by atoms with van der Waals surface area (Å²) in [6.07, 6.45) is 0.741. The van der Waals surface area contributed by atoms with Crippen molar-refractivity contribution >= 4 is 10.2 Å². The van der Waals surface area contributed by atoms with Gasteiger partial charge in [0.25, 0.3) is 10.2 Å². The third-order valence-electron chi connectivity index (χ3n) is 2.24. The maximum Gasteiger partial charge on any atom is 0.282 e. The van der Waals surface area contributed by atoms with E-state index in [1.807, 2.05) is 20.8 Å². The van der Waals surface area contributed by atoms with Gasteiger partial charge in [0.05, 0.1) is 6.61 Å². The number of nitrogens with zero attached hydrogens (tertiary/aromatic N) is 2. The predicted molar refractivity (Wildman–Crippen MR) is 60.8 cm³/mol. The Kier molecular flexibility index (Phi) is 6.35. The van der Waals surface area contributed by atoms with Crippen LogP contribution < -0.4 is 0 Å². The number of hydrogen-bond donors (Lipinski definition) is 1. The molecule has 0 aliphatic carbocycles. The molecule has 0 aliphatic heterocycles. The molecule has 1 N–H and O–H groups in total. The van der Waals surface area contributed by atoms with Crippen molar-refractivity contribution < 1.29 is 13.5 Å². The SMILES string of the molecule is CCCN(CCO)S(=O)(=O)N(C)C(C)C. The van der Waals surface area contributed by atoms with Crippen LogP contribution in [0.2, 0.25) is 0 Å². The Morgan fingerprint density at radius 3 is 2.13 bits per heavy atom. The van der Waals surface area contributed by atoms with Crippen LogP contribution in [0.25, 0.3) is 0 Å². The molecule has 0 aromatic rings. The van der Waals surface area contributed by atoms with Crippen molar-refractivity contribution in [1.82, 2.24) is 8.61 Å². The average Bonchev–Trinajstić information content (AvgIpc) is 2.16. The van der Waals surface area contributed by atoms with Crippen molar-refractivity contribution in [1.29, 1.82) is 0 Å². The first-order chi connectivity index (χ1) is 6.87. The zero-order valence-corrected chi connectivity index (χ0v) is 10.8. The van der Waals surface area contributed by atoms with E-state index in [4.69, 9.17) is 5.11 Å². The number of rotatable bonds is 7. The molecule has 0 bridgehead atoms. The van der Waals surface area contributed by atoms with E-state index in [0.717, 1.165) is 6.42 Å². The molecule has 0 spiro atoms. The van der Waals surface area contributed by atoms with E-state index in [9.17, 15) is 8.42 Å².